The van der Waals surface area contributed by atoms with Crippen LogP contribution in [0, 0.1) is 13.8 Å². The second-order valence-electron chi connectivity index (χ2n) is 13.1. The van der Waals surface area contributed by atoms with Gasteiger partial charge in [0, 0.05) is 24.3 Å². The third kappa shape index (κ3) is 4.89. The monoisotopic (exact) mass is 494 g/mol. The Labute approximate surface area is 210 Å². The van der Waals surface area contributed by atoms with Gasteiger partial charge in [-0.05, 0) is 65.4 Å². The molecule has 34 heavy (non-hydrogen) atoms. The Morgan fingerprint density at radius 2 is 1.35 bits per heavy atom. The summed E-state index contributed by atoms with van der Waals surface area (Å²) in [6.07, 6.45) is 7.35. The first-order chi connectivity index (χ1) is 15.5. The summed E-state index contributed by atoms with van der Waals surface area (Å²) in [7, 11) is -3.03. The maximum Gasteiger partial charge on any atom is 0.163 e. The molecule has 3 aromatic rings. The van der Waals surface area contributed by atoms with Crippen LogP contribution >= 0.6 is 0 Å². The van der Waals surface area contributed by atoms with E-state index in [9.17, 15) is 0 Å². The van der Waals surface area contributed by atoms with E-state index in [1.54, 1.807) is 0 Å². The largest absolute Gasteiger partial charge is 0.382 e. The van der Waals surface area contributed by atoms with Crippen molar-refractivity contribution in [1.29, 1.82) is 0 Å². The molecular formula is C28H46N4Si2. The van der Waals surface area contributed by atoms with Crippen molar-refractivity contribution >= 4 is 33.3 Å². The zero-order valence-electron chi connectivity index (χ0n) is 23.7. The number of hydrogen-bond acceptors (Lipinski definition) is 3. The number of anilines is 1. The van der Waals surface area contributed by atoms with E-state index in [1.165, 1.54) is 27.9 Å². The van der Waals surface area contributed by atoms with E-state index in [0.29, 0.717) is 10.1 Å². The average Bonchev–Trinajstić information content (AvgIpc) is 3.30. The molecule has 0 saturated carbocycles. The molecule has 4 rings (SSSR count). The van der Waals surface area contributed by atoms with Crippen LogP contribution in [0.25, 0.3) is 11.0 Å². The minimum Gasteiger partial charge on any atom is -0.382 e. The van der Waals surface area contributed by atoms with Crippen LogP contribution in [0.3, 0.4) is 0 Å². The third-order valence-electron chi connectivity index (χ3n) is 8.55. The molecule has 0 N–H and O–H groups in total. The first kappa shape index (κ1) is 26.7. The molecule has 6 heteroatoms. The van der Waals surface area contributed by atoms with Gasteiger partial charge in [0.15, 0.2) is 16.5 Å². The number of hydrogen-bond donors (Lipinski definition) is 0. The number of aromatic nitrogens is 3. The molecular weight excluding hydrogens is 449 g/mol. The van der Waals surface area contributed by atoms with Crippen LogP contribution in [0.1, 0.15) is 58.2 Å². The number of pyridine rings is 2. The third-order valence-corrected chi connectivity index (χ3v) is 19.2. The van der Waals surface area contributed by atoms with E-state index in [1.807, 2.05) is 12.4 Å². The molecule has 4 nitrogen and oxygen atoms in total. The zero-order valence-corrected chi connectivity index (χ0v) is 25.7. The van der Waals surface area contributed by atoms with Crippen LogP contribution in [0.4, 0.5) is 5.82 Å². The lowest BCUT2D eigenvalue weighted by Gasteiger charge is -2.44. The standard InChI is InChI=1S/C14H24N2Si.C14H22N2Si/c2*1-11-9-12-7-8-16(13(12)15-10-11)17(5,6)14(2,3)4/h9-10H,7-8H2,1-6H3;7-10H,1-6H3. The molecule has 0 spiro atoms. The molecule has 0 radical (unpaired) electrons. The second kappa shape index (κ2) is 8.94. The van der Waals surface area contributed by atoms with Crippen LogP contribution < -0.4 is 4.57 Å². The summed E-state index contributed by atoms with van der Waals surface area (Å²) in [4.78, 5) is 9.30. The van der Waals surface area contributed by atoms with Crippen molar-refractivity contribution in [2.45, 2.75) is 98.1 Å². The van der Waals surface area contributed by atoms with Crippen molar-refractivity contribution in [3.63, 3.8) is 0 Å². The van der Waals surface area contributed by atoms with Crippen LogP contribution in [0.5, 0.6) is 0 Å². The maximum atomic E-state index is 4.68. The van der Waals surface area contributed by atoms with E-state index in [0.717, 1.165) is 18.6 Å². The molecule has 0 aromatic carbocycles. The molecule has 0 fully saturated rings. The Kier molecular flexibility index (Phi) is 7.01. The predicted molar refractivity (Wildman–Crippen MR) is 154 cm³/mol. The van der Waals surface area contributed by atoms with Crippen molar-refractivity contribution in [2.75, 3.05) is 11.1 Å². The average molecular weight is 495 g/mol. The highest BCUT2D eigenvalue weighted by Crippen LogP contribution is 2.43. The van der Waals surface area contributed by atoms with Gasteiger partial charge in [0.1, 0.15) is 11.5 Å². The highest BCUT2D eigenvalue weighted by atomic mass is 28.3. The molecule has 1 aliphatic heterocycles. The minimum absolute atomic E-state index is 0.325. The van der Waals surface area contributed by atoms with Crippen molar-refractivity contribution in [3.05, 3.63) is 53.5 Å². The van der Waals surface area contributed by atoms with Gasteiger partial charge < -0.3 is 8.80 Å². The first-order valence-electron chi connectivity index (χ1n) is 12.6. The fourth-order valence-corrected chi connectivity index (χ4v) is 8.38. The Hall–Kier alpha value is -1.93. The fraction of sp³-hybridized carbons (Fsp3) is 0.571. The lowest BCUT2D eigenvalue weighted by molar-refractivity contribution is 0.702. The molecule has 186 valence electrons. The van der Waals surface area contributed by atoms with Gasteiger partial charge in [0.25, 0.3) is 0 Å². The molecule has 3 aromatic heterocycles. The molecule has 0 atom stereocenters. The molecule has 0 aliphatic carbocycles. The fourth-order valence-electron chi connectivity index (χ4n) is 4.28. The van der Waals surface area contributed by atoms with Gasteiger partial charge in [0.2, 0.25) is 0 Å². The SMILES string of the molecule is Cc1cnc2c(c1)CCN2[Si](C)(C)C(C)(C)C.Cc1cnc2c(ccn2[Si](C)(C)C(C)(C)C)c1. The first-order valence-corrected chi connectivity index (χ1v) is 18.5. The van der Waals surface area contributed by atoms with Crippen LogP contribution in [-0.2, 0) is 6.42 Å². The van der Waals surface area contributed by atoms with Crippen LogP contribution in [0.2, 0.25) is 36.3 Å². The molecule has 1 aliphatic rings. The molecule has 0 bridgehead atoms. The van der Waals surface area contributed by atoms with E-state index in [4.69, 9.17) is 0 Å². The second-order valence-corrected chi connectivity index (χ2v) is 23.4. The van der Waals surface area contributed by atoms with Crippen molar-refractivity contribution in [1.82, 2.24) is 14.2 Å². The highest BCUT2D eigenvalue weighted by Gasteiger charge is 2.44. The van der Waals surface area contributed by atoms with E-state index < -0.39 is 16.5 Å². The summed E-state index contributed by atoms with van der Waals surface area (Å²) in [5.41, 5.74) is 5.09. The van der Waals surface area contributed by atoms with Crippen LogP contribution in [0.15, 0.2) is 36.8 Å². The quantitative estimate of drug-likeness (QED) is 0.339. The Balaban J connectivity index is 0.000000191. The lowest BCUT2D eigenvalue weighted by atomic mass is 10.2. The summed E-state index contributed by atoms with van der Waals surface area (Å²) >= 11 is 0. The van der Waals surface area contributed by atoms with Gasteiger partial charge in [0.05, 0.1) is 0 Å². The van der Waals surface area contributed by atoms with E-state index in [-0.39, 0.29) is 0 Å². The number of aryl methyl sites for hydroxylation is 2. The summed E-state index contributed by atoms with van der Waals surface area (Å²) < 4.78 is 5.05. The topological polar surface area (TPSA) is 34.0 Å². The lowest BCUT2D eigenvalue weighted by Crippen LogP contribution is -2.54. The Morgan fingerprint density at radius 3 is 1.94 bits per heavy atom. The van der Waals surface area contributed by atoms with Crippen molar-refractivity contribution < 1.29 is 0 Å². The minimum atomic E-state index is -1.56. The van der Waals surface area contributed by atoms with E-state index in [2.05, 4.69) is 125 Å². The van der Waals surface area contributed by atoms with Gasteiger partial charge in [-0.3, -0.25) is 0 Å². The zero-order chi connectivity index (χ0) is 25.7. The summed E-state index contributed by atoms with van der Waals surface area (Å²) in [5.74, 6) is 1.25. The Bertz CT molecular complexity index is 1160. The van der Waals surface area contributed by atoms with E-state index >= 15 is 0 Å². The smallest absolute Gasteiger partial charge is 0.163 e. The summed E-state index contributed by atoms with van der Waals surface area (Å²) in [6, 6.07) is 6.71. The van der Waals surface area contributed by atoms with Gasteiger partial charge in [-0.1, -0.05) is 73.8 Å². The Morgan fingerprint density at radius 1 is 0.794 bits per heavy atom. The van der Waals surface area contributed by atoms with Gasteiger partial charge in [-0.15, -0.1) is 0 Å². The van der Waals surface area contributed by atoms with Crippen molar-refractivity contribution in [2.24, 2.45) is 0 Å². The van der Waals surface area contributed by atoms with Crippen molar-refractivity contribution in [3.8, 4) is 0 Å². The number of fused-ring (bicyclic) bond motifs is 2. The number of rotatable bonds is 2. The number of nitrogens with zero attached hydrogens (tertiary/aromatic N) is 4. The molecule has 0 amide bonds. The van der Waals surface area contributed by atoms with Crippen LogP contribution in [-0.4, -0.2) is 37.2 Å². The summed E-state index contributed by atoms with van der Waals surface area (Å²) in [5, 5.41) is 1.96. The molecule has 0 unspecified atom stereocenters. The molecule has 0 saturated heterocycles. The normalized spacial score (nSPS) is 14.8. The molecule has 4 heterocycles. The van der Waals surface area contributed by atoms with Gasteiger partial charge in [-0.2, -0.15) is 0 Å². The van der Waals surface area contributed by atoms with Gasteiger partial charge >= 0.3 is 0 Å². The summed E-state index contributed by atoms with van der Waals surface area (Å²) in [6.45, 7) is 29.2. The maximum absolute atomic E-state index is 4.68. The predicted octanol–water partition coefficient (Wildman–Crippen LogP) is 7.96. The highest BCUT2D eigenvalue weighted by molar-refractivity contribution is 6.83. The van der Waals surface area contributed by atoms with Gasteiger partial charge in [-0.25, -0.2) is 9.97 Å².